The van der Waals surface area contributed by atoms with Crippen molar-refractivity contribution < 1.29 is 9.53 Å². The van der Waals surface area contributed by atoms with Gasteiger partial charge in [-0.05, 0) is 5.56 Å². The van der Waals surface area contributed by atoms with Gasteiger partial charge in [-0.1, -0.05) is 36.4 Å². The van der Waals surface area contributed by atoms with E-state index < -0.39 is 0 Å². The Kier molecular flexibility index (Phi) is 6.58. The fraction of sp³-hybridized carbons (Fsp3) is 0.357. The molecule has 0 bridgehead atoms. The van der Waals surface area contributed by atoms with Gasteiger partial charge in [-0.15, -0.1) is 6.58 Å². The van der Waals surface area contributed by atoms with Crippen LogP contribution in [0.3, 0.4) is 0 Å². The van der Waals surface area contributed by atoms with Crippen molar-refractivity contribution in [2.75, 3.05) is 26.8 Å². The molecule has 1 rings (SSSR count). The summed E-state index contributed by atoms with van der Waals surface area (Å²) in [7, 11) is 1.62. The van der Waals surface area contributed by atoms with Gasteiger partial charge >= 0.3 is 6.03 Å². The summed E-state index contributed by atoms with van der Waals surface area (Å²) in [5, 5.41) is 2.88. The van der Waals surface area contributed by atoms with Crippen molar-refractivity contribution in [1.82, 2.24) is 10.2 Å². The minimum atomic E-state index is -0.101. The van der Waals surface area contributed by atoms with Crippen LogP contribution >= 0.6 is 0 Å². The number of nitrogens with zero attached hydrogens (tertiary/aromatic N) is 1. The molecule has 0 aliphatic rings. The summed E-state index contributed by atoms with van der Waals surface area (Å²) in [4.78, 5) is 13.6. The van der Waals surface area contributed by atoms with Gasteiger partial charge in [0.25, 0.3) is 0 Å². The fourth-order valence-electron chi connectivity index (χ4n) is 1.52. The minimum Gasteiger partial charge on any atom is -0.383 e. The maximum Gasteiger partial charge on any atom is 0.318 e. The highest BCUT2D eigenvalue weighted by molar-refractivity contribution is 5.74. The second-order valence-corrected chi connectivity index (χ2v) is 3.87. The van der Waals surface area contributed by atoms with Crippen LogP contribution in [0.2, 0.25) is 0 Å². The number of rotatable bonds is 7. The molecule has 0 aliphatic heterocycles. The summed E-state index contributed by atoms with van der Waals surface area (Å²) in [5.74, 6) is 0. The lowest BCUT2D eigenvalue weighted by Gasteiger charge is -2.21. The molecule has 0 saturated carbocycles. The maximum atomic E-state index is 11.9. The molecule has 0 aromatic heterocycles. The van der Waals surface area contributed by atoms with Gasteiger partial charge in [0.2, 0.25) is 0 Å². The van der Waals surface area contributed by atoms with Crippen molar-refractivity contribution in [2.24, 2.45) is 0 Å². The third-order valence-electron chi connectivity index (χ3n) is 2.49. The lowest BCUT2D eigenvalue weighted by atomic mass is 10.2. The number of carbonyl (C=O) groups excluding carboxylic acids is 1. The number of hydrogen-bond acceptors (Lipinski definition) is 2. The van der Waals surface area contributed by atoms with Gasteiger partial charge in [-0.2, -0.15) is 0 Å². The number of benzene rings is 1. The van der Waals surface area contributed by atoms with E-state index in [2.05, 4.69) is 11.9 Å². The Labute approximate surface area is 108 Å². The molecule has 0 unspecified atom stereocenters. The highest BCUT2D eigenvalue weighted by Crippen LogP contribution is 1.98. The Morgan fingerprint density at radius 3 is 2.78 bits per heavy atom. The number of ether oxygens (including phenoxy) is 1. The van der Waals surface area contributed by atoms with Crippen LogP contribution in [0.15, 0.2) is 43.0 Å². The van der Waals surface area contributed by atoms with Crippen molar-refractivity contribution >= 4 is 6.03 Å². The number of carbonyl (C=O) groups is 1. The van der Waals surface area contributed by atoms with Crippen LogP contribution in [-0.4, -0.2) is 37.7 Å². The maximum absolute atomic E-state index is 11.9. The Hall–Kier alpha value is -1.81. The van der Waals surface area contributed by atoms with E-state index in [9.17, 15) is 4.79 Å². The van der Waals surface area contributed by atoms with Crippen molar-refractivity contribution in [1.29, 1.82) is 0 Å². The predicted molar refractivity (Wildman–Crippen MR) is 72.3 cm³/mol. The summed E-state index contributed by atoms with van der Waals surface area (Å²) in [6.07, 6.45) is 1.71. The Morgan fingerprint density at radius 1 is 1.44 bits per heavy atom. The molecule has 4 nitrogen and oxygen atoms in total. The fourth-order valence-corrected chi connectivity index (χ4v) is 1.52. The Bertz CT molecular complexity index is 365. The van der Waals surface area contributed by atoms with Gasteiger partial charge in [0.1, 0.15) is 0 Å². The first kappa shape index (κ1) is 14.3. The molecule has 0 fully saturated rings. The number of hydrogen-bond donors (Lipinski definition) is 1. The lowest BCUT2D eigenvalue weighted by Crippen LogP contribution is -2.41. The van der Waals surface area contributed by atoms with Crippen molar-refractivity contribution in [2.45, 2.75) is 6.54 Å². The molecule has 0 radical (unpaired) electrons. The van der Waals surface area contributed by atoms with E-state index in [1.807, 2.05) is 30.3 Å². The first-order chi connectivity index (χ1) is 8.77. The van der Waals surface area contributed by atoms with Crippen molar-refractivity contribution in [3.8, 4) is 0 Å². The third kappa shape index (κ3) is 5.01. The molecule has 1 N–H and O–H groups in total. The van der Waals surface area contributed by atoms with E-state index in [1.165, 1.54) is 0 Å². The van der Waals surface area contributed by atoms with Crippen LogP contribution in [-0.2, 0) is 11.3 Å². The zero-order valence-electron chi connectivity index (χ0n) is 10.8. The zero-order valence-corrected chi connectivity index (χ0v) is 10.8. The summed E-state index contributed by atoms with van der Waals surface area (Å²) < 4.78 is 4.98. The van der Waals surface area contributed by atoms with Crippen LogP contribution in [0.4, 0.5) is 4.79 Å². The molecule has 1 aromatic rings. The summed E-state index contributed by atoms with van der Waals surface area (Å²) in [6.45, 7) is 5.77. The monoisotopic (exact) mass is 248 g/mol. The SMILES string of the molecule is C=CCN(CCOC)C(=O)NCc1ccccc1. The van der Waals surface area contributed by atoms with Crippen molar-refractivity contribution in [3.05, 3.63) is 48.6 Å². The highest BCUT2D eigenvalue weighted by Gasteiger charge is 2.10. The van der Waals surface area contributed by atoms with Gasteiger partial charge in [0.05, 0.1) is 6.61 Å². The smallest absolute Gasteiger partial charge is 0.318 e. The van der Waals surface area contributed by atoms with E-state index >= 15 is 0 Å². The van der Waals surface area contributed by atoms with E-state index in [0.29, 0.717) is 26.2 Å². The highest BCUT2D eigenvalue weighted by atomic mass is 16.5. The van der Waals surface area contributed by atoms with Crippen molar-refractivity contribution in [3.63, 3.8) is 0 Å². The molecule has 0 spiro atoms. The normalized spacial score (nSPS) is 9.83. The largest absolute Gasteiger partial charge is 0.383 e. The average molecular weight is 248 g/mol. The molecule has 2 amide bonds. The van der Waals surface area contributed by atoms with E-state index in [4.69, 9.17) is 4.74 Å². The molecule has 4 heteroatoms. The minimum absolute atomic E-state index is 0.101. The molecule has 18 heavy (non-hydrogen) atoms. The van der Waals surface area contributed by atoms with Gasteiger partial charge in [-0.25, -0.2) is 4.79 Å². The first-order valence-corrected chi connectivity index (χ1v) is 5.94. The summed E-state index contributed by atoms with van der Waals surface area (Å²) in [6, 6.07) is 9.71. The average Bonchev–Trinajstić information content (AvgIpc) is 2.42. The van der Waals surface area contributed by atoms with Crippen LogP contribution in [0, 0.1) is 0 Å². The van der Waals surface area contributed by atoms with E-state index in [0.717, 1.165) is 5.56 Å². The lowest BCUT2D eigenvalue weighted by molar-refractivity contribution is 0.154. The van der Waals surface area contributed by atoms with Crippen LogP contribution in [0.5, 0.6) is 0 Å². The van der Waals surface area contributed by atoms with Gasteiger partial charge < -0.3 is 15.0 Å². The van der Waals surface area contributed by atoms with Crippen LogP contribution in [0.25, 0.3) is 0 Å². The topological polar surface area (TPSA) is 41.6 Å². The first-order valence-electron chi connectivity index (χ1n) is 5.94. The molecule has 0 saturated heterocycles. The molecular weight excluding hydrogens is 228 g/mol. The summed E-state index contributed by atoms with van der Waals surface area (Å²) >= 11 is 0. The predicted octanol–water partition coefficient (Wildman–Crippen LogP) is 2.03. The molecule has 0 atom stereocenters. The van der Waals surface area contributed by atoms with Gasteiger partial charge in [-0.3, -0.25) is 0 Å². The third-order valence-corrected chi connectivity index (χ3v) is 2.49. The number of methoxy groups -OCH3 is 1. The standard InChI is InChI=1S/C14H20N2O2/c1-3-9-16(10-11-18-2)14(17)15-12-13-7-5-4-6-8-13/h3-8H,1,9-12H2,2H3,(H,15,17). The van der Waals surface area contributed by atoms with E-state index in [-0.39, 0.29) is 6.03 Å². The number of urea groups is 1. The second-order valence-electron chi connectivity index (χ2n) is 3.87. The van der Waals surface area contributed by atoms with Crippen LogP contribution < -0.4 is 5.32 Å². The molecule has 98 valence electrons. The number of amides is 2. The van der Waals surface area contributed by atoms with Crippen LogP contribution in [0.1, 0.15) is 5.56 Å². The molecule has 0 aliphatic carbocycles. The number of nitrogens with one attached hydrogen (secondary N) is 1. The second kappa shape index (κ2) is 8.31. The van der Waals surface area contributed by atoms with Gasteiger partial charge in [0.15, 0.2) is 0 Å². The quantitative estimate of drug-likeness (QED) is 0.750. The Morgan fingerprint density at radius 2 is 2.17 bits per heavy atom. The van der Waals surface area contributed by atoms with Gasteiger partial charge in [0, 0.05) is 26.7 Å². The Balaban J connectivity index is 2.43. The molecular formula is C14H20N2O2. The zero-order chi connectivity index (χ0) is 13.2. The summed E-state index contributed by atoms with van der Waals surface area (Å²) in [5.41, 5.74) is 1.08. The van der Waals surface area contributed by atoms with E-state index in [1.54, 1.807) is 18.1 Å². The molecule has 1 aromatic carbocycles. The molecule has 0 heterocycles.